The number of aromatic nitrogens is 2. The average Bonchev–Trinajstić information content (AvgIpc) is 2.18. The highest BCUT2D eigenvalue weighted by Gasteiger charge is 1.99. The Kier molecular flexibility index (Phi) is 1.83. The van der Waals surface area contributed by atoms with E-state index in [9.17, 15) is 0 Å². The monoisotopic (exact) mass is 174 g/mol. The predicted molar refractivity (Wildman–Crippen MR) is 51.8 cm³/mol. The lowest BCUT2D eigenvalue weighted by Crippen LogP contribution is -1.98. The third-order valence-corrected chi connectivity index (χ3v) is 1.97. The second-order valence-corrected chi connectivity index (χ2v) is 2.81. The molecule has 0 radical (unpaired) electrons. The molecule has 1 aromatic carbocycles. The van der Waals surface area contributed by atoms with Crippen molar-refractivity contribution in [3.8, 4) is 0 Å². The Hall–Kier alpha value is -1.68. The summed E-state index contributed by atoms with van der Waals surface area (Å²) in [5.74, 6) is 0.508. The predicted octanol–water partition coefficient (Wildman–Crippen LogP) is 0.671. The van der Waals surface area contributed by atoms with Gasteiger partial charge >= 0.3 is 0 Å². The lowest BCUT2D eigenvalue weighted by Gasteiger charge is -2.01. The van der Waals surface area contributed by atoms with Crippen LogP contribution >= 0.6 is 0 Å². The van der Waals surface area contributed by atoms with E-state index in [1.165, 1.54) is 6.33 Å². The van der Waals surface area contributed by atoms with Gasteiger partial charge in [-0.1, -0.05) is 6.07 Å². The molecule has 13 heavy (non-hydrogen) atoms. The molecule has 2 aromatic rings. The fraction of sp³-hybridized carbons (Fsp3) is 0.111. The van der Waals surface area contributed by atoms with Crippen LogP contribution in [0.25, 0.3) is 10.9 Å². The maximum atomic E-state index is 5.67. The van der Waals surface area contributed by atoms with Gasteiger partial charge in [0.15, 0.2) is 0 Å². The van der Waals surface area contributed by atoms with E-state index < -0.39 is 0 Å². The van der Waals surface area contributed by atoms with Crippen molar-refractivity contribution in [3.05, 3.63) is 30.1 Å². The van der Waals surface area contributed by atoms with Gasteiger partial charge in [-0.3, -0.25) is 0 Å². The Bertz CT molecular complexity index is 439. The summed E-state index contributed by atoms with van der Waals surface area (Å²) in [6.45, 7) is 0.514. The van der Waals surface area contributed by atoms with E-state index in [4.69, 9.17) is 11.5 Å². The average molecular weight is 174 g/mol. The first-order chi connectivity index (χ1) is 6.31. The minimum absolute atomic E-state index is 0.508. The number of rotatable bonds is 1. The van der Waals surface area contributed by atoms with Crippen molar-refractivity contribution in [1.82, 2.24) is 9.97 Å². The number of nitrogens with zero attached hydrogens (tertiary/aromatic N) is 2. The zero-order chi connectivity index (χ0) is 9.26. The molecule has 0 saturated carbocycles. The molecule has 66 valence electrons. The molecule has 0 aliphatic rings. The van der Waals surface area contributed by atoms with Gasteiger partial charge in [-0.05, 0) is 17.7 Å². The Morgan fingerprint density at radius 2 is 2.08 bits per heavy atom. The minimum Gasteiger partial charge on any atom is -0.383 e. The highest BCUT2D eigenvalue weighted by atomic mass is 14.9. The van der Waals surface area contributed by atoms with Gasteiger partial charge in [0.1, 0.15) is 12.1 Å². The van der Waals surface area contributed by atoms with E-state index in [1.54, 1.807) is 0 Å². The molecule has 2 rings (SSSR count). The highest BCUT2D eigenvalue weighted by molar-refractivity contribution is 5.87. The zero-order valence-corrected chi connectivity index (χ0v) is 7.07. The normalized spacial score (nSPS) is 10.5. The lowest BCUT2D eigenvalue weighted by atomic mass is 10.1. The van der Waals surface area contributed by atoms with Crippen molar-refractivity contribution in [2.45, 2.75) is 6.54 Å². The fourth-order valence-corrected chi connectivity index (χ4v) is 1.25. The Morgan fingerprint density at radius 3 is 2.85 bits per heavy atom. The molecule has 0 bridgehead atoms. The van der Waals surface area contributed by atoms with E-state index in [0.717, 1.165) is 16.5 Å². The quantitative estimate of drug-likeness (QED) is 0.666. The van der Waals surface area contributed by atoms with E-state index >= 15 is 0 Å². The van der Waals surface area contributed by atoms with Gasteiger partial charge in [0.2, 0.25) is 0 Å². The Balaban J connectivity index is 2.72. The van der Waals surface area contributed by atoms with Crippen molar-refractivity contribution in [2.75, 3.05) is 5.73 Å². The number of benzene rings is 1. The maximum Gasteiger partial charge on any atom is 0.134 e. The molecule has 1 aromatic heterocycles. The molecular weight excluding hydrogens is 164 g/mol. The molecule has 0 amide bonds. The number of hydrogen-bond acceptors (Lipinski definition) is 4. The standard InChI is InChI=1S/C9H10N4/c10-4-6-1-2-7-8(3-6)12-5-13-9(7)11/h1-3,5H,4,10H2,(H2,11,12,13). The van der Waals surface area contributed by atoms with Crippen LogP contribution in [0, 0.1) is 0 Å². The molecule has 0 fully saturated rings. The fourth-order valence-electron chi connectivity index (χ4n) is 1.25. The van der Waals surface area contributed by atoms with Crippen molar-refractivity contribution in [1.29, 1.82) is 0 Å². The van der Waals surface area contributed by atoms with Gasteiger partial charge in [0.05, 0.1) is 5.52 Å². The topological polar surface area (TPSA) is 77.8 Å². The number of hydrogen-bond donors (Lipinski definition) is 2. The molecule has 0 atom stereocenters. The second kappa shape index (κ2) is 2.99. The van der Waals surface area contributed by atoms with Crippen LogP contribution in [0.3, 0.4) is 0 Å². The smallest absolute Gasteiger partial charge is 0.134 e. The van der Waals surface area contributed by atoms with Crippen LogP contribution in [0.5, 0.6) is 0 Å². The van der Waals surface area contributed by atoms with Crippen LogP contribution in [0.15, 0.2) is 24.5 Å². The summed E-state index contributed by atoms with van der Waals surface area (Å²) in [5, 5.41) is 0.875. The molecule has 0 saturated heterocycles. The molecule has 1 heterocycles. The Labute approximate surface area is 75.6 Å². The van der Waals surface area contributed by atoms with E-state index in [1.807, 2.05) is 18.2 Å². The molecule has 0 unspecified atom stereocenters. The third-order valence-electron chi connectivity index (χ3n) is 1.97. The summed E-state index contributed by atoms with van der Waals surface area (Å²) < 4.78 is 0. The first kappa shape index (κ1) is 7.94. The van der Waals surface area contributed by atoms with Crippen molar-refractivity contribution >= 4 is 16.7 Å². The number of fused-ring (bicyclic) bond motifs is 1. The van der Waals surface area contributed by atoms with Crippen LogP contribution in [0.1, 0.15) is 5.56 Å². The minimum atomic E-state index is 0.508. The van der Waals surface area contributed by atoms with E-state index in [2.05, 4.69) is 9.97 Å². The Morgan fingerprint density at radius 1 is 1.23 bits per heavy atom. The number of nitrogen functional groups attached to an aromatic ring is 1. The highest BCUT2D eigenvalue weighted by Crippen LogP contribution is 2.17. The van der Waals surface area contributed by atoms with Crippen molar-refractivity contribution in [2.24, 2.45) is 5.73 Å². The van der Waals surface area contributed by atoms with Crippen LogP contribution in [0.4, 0.5) is 5.82 Å². The summed E-state index contributed by atoms with van der Waals surface area (Å²) >= 11 is 0. The van der Waals surface area contributed by atoms with Gasteiger partial charge < -0.3 is 11.5 Å². The van der Waals surface area contributed by atoms with E-state index in [-0.39, 0.29) is 0 Å². The second-order valence-electron chi connectivity index (χ2n) is 2.81. The lowest BCUT2D eigenvalue weighted by molar-refractivity contribution is 1.07. The molecule has 0 aliphatic heterocycles. The summed E-state index contributed by atoms with van der Waals surface area (Å²) in [4.78, 5) is 8.00. The maximum absolute atomic E-state index is 5.67. The van der Waals surface area contributed by atoms with E-state index in [0.29, 0.717) is 12.4 Å². The molecule has 4 heteroatoms. The summed E-state index contributed by atoms with van der Waals surface area (Å²) in [6.07, 6.45) is 1.46. The van der Waals surface area contributed by atoms with Crippen LogP contribution in [0.2, 0.25) is 0 Å². The van der Waals surface area contributed by atoms with Gasteiger partial charge in [0, 0.05) is 11.9 Å². The first-order valence-electron chi connectivity index (χ1n) is 4.00. The first-order valence-corrected chi connectivity index (χ1v) is 4.00. The van der Waals surface area contributed by atoms with Crippen LogP contribution < -0.4 is 11.5 Å². The molecule has 0 aliphatic carbocycles. The summed E-state index contributed by atoms with van der Waals surface area (Å²) in [7, 11) is 0. The van der Waals surface area contributed by atoms with Crippen LogP contribution in [-0.2, 0) is 6.54 Å². The molecular formula is C9H10N4. The van der Waals surface area contributed by atoms with Crippen molar-refractivity contribution < 1.29 is 0 Å². The summed E-state index contributed by atoms with van der Waals surface area (Å²) in [6, 6.07) is 5.75. The molecule has 4 N–H and O–H groups in total. The van der Waals surface area contributed by atoms with Gasteiger partial charge in [-0.15, -0.1) is 0 Å². The number of anilines is 1. The van der Waals surface area contributed by atoms with Gasteiger partial charge in [-0.2, -0.15) is 0 Å². The zero-order valence-electron chi connectivity index (χ0n) is 7.07. The van der Waals surface area contributed by atoms with Gasteiger partial charge in [-0.25, -0.2) is 9.97 Å². The van der Waals surface area contributed by atoms with Crippen LogP contribution in [-0.4, -0.2) is 9.97 Å². The largest absolute Gasteiger partial charge is 0.383 e. The summed E-state index contributed by atoms with van der Waals surface area (Å²) in [5.41, 5.74) is 13.1. The molecule has 0 spiro atoms. The van der Waals surface area contributed by atoms with Crippen molar-refractivity contribution in [3.63, 3.8) is 0 Å². The SMILES string of the molecule is NCc1ccc2c(N)ncnc2c1. The third kappa shape index (κ3) is 1.31. The van der Waals surface area contributed by atoms with Gasteiger partial charge in [0.25, 0.3) is 0 Å². The molecule has 4 nitrogen and oxygen atoms in total. The number of nitrogens with two attached hydrogens (primary N) is 2.